The minimum Gasteiger partial charge on any atom is -0.406 e. The summed E-state index contributed by atoms with van der Waals surface area (Å²) < 4.78 is 5.73. The van der Waals surface area contributed by atoms with Gasteiger partial charge in [-0.15, -0.1) is 0 Å². The van der Waals surface area contributed by atoms with Gasteiger partial charge in [-0.2, -0.15) is 0 Å². The summed E-state index contributed by atoms with van der Waals surface area (Å²) in [5.74, 6) is -2.03. The molecule has 7 heteroatoms. The molecule has 1 heterocycles. The number of rotatable bonds is 4. The van der Waals surface area contributed by atoms with Crippen LogP contribution in [0.3, 0.4) is 0 Å². The van der Waals surface area contributed by atoms with Gasteiger partial charge in [0, 0.05) is 0 Å². The molecule has 0 N–H and O–H groups in total. The molecule has 1 aromatic rings. The lowest BCUT2D eigenvalue weighted by Crippen LogP contribution is -2.43. The van der Waals surface area contributed by atoms with Crippen LogP contribution in [0.1, 0.15) is 41.5 Å². The van der Waals surface area contributed by atoms with Gasteiger partial charge in [0.25, 0.3) is 11.8 Å². The number of imide groups is 1. The van der Waals surface area contributed by atoms with E-state index in [1.54, 1.807) is 12.1 Å². The van der Waals surface area contributed by atoms with Crippen LogP contribution in [0.5, 0.6) is 0 Å². The molecule has 124 valence electrons. The molecule has 0 aromatic heterocycles. The van der Waals surface area contributed by atoms with Gasteiger partial charge in [-0.3, -0.25) is 9.59 Å². The van der Waals surface area contributed by atoms with Gasteiger partial charge < -0.3 is 9.26 Å². The van der Waals surface area contributed by atoms with Crippen LogP contribution in [0, 0.1) is 0 Å². The Morgan fingerprint density at radius 1 is 1.09 bits per heavy atom. The average Bonchev–Trinajstić information content (AvgIpc) is 2.70. The van der Waals surface area contributed by atoms with E-state index in [2.05, 4.69) is 20.8 Å². The van der Waals surface area contributed by atoms with Gasteiger partial charge in [0.05, 0.1) is 11.1 Å². The fraction of sp³-hybridized carbons (Fsp3) is 0.438. The highest BCUT2D eigenvalue weighted by Gasteiger charge is 2.40. The third-order valence-electron chi connectivity index (χ3n) is 4.31. The van der Waals surface area contributed by atoms with Crippen molar-refractivity contribution in [3.05, 3.63) is 35.4 Å². The first-order valence-electron chi connectivity index (χ1n) is 7.37. The van der Waals surface area contributed by atoms with Crippen LogP contribution >= 0.6 is 0 Å². The highest BCUT2D eigenvalue weighted by molar-refractivity contribution is 6.74. The van der Waals surface area contributed by atoms with Crippen LogP contribution in [0.15, 0.2) is 24.3 Å². The number of benzene rings is 1. The smallest absolute Gasteiger partial charge is 0.357 e. The van der Waals surface area contributed by atoms with E-state index in [1.807, 2.05) is 13.1 Å². The van der Waals surface area contributed by atoms with E-state index in [0.29, 0.717) is 5.06 Å². The Morgan fingerprint density at radius 2 is 1.57 bits per heavy atom. The Morgan fingerprint density at radius 3 is 2.00 bits per heavy atom. The molecule has 0 saturated carbocycles. The van der Waals surface area contributed by atoms with Gasteiger partial charge in [-0.1, -0.05) is 38.0 Å². The van der Waals surface area contributed by atoms with Crippen molar-refractivity contribution in [2.45, 2.75) is 38.9 Å². The Kier molecular flexibility index (Phi) is 4.45. The lowest BCUT2D eigenvalue weighted by molar-refractivity contribution is -0.171. The quantitative estimate of drug-likeness (QED) is 0.625. The van der Waals surface area contributed by atoms with Gasteiger partial charge in [0.2, 0.25) is 0 Å². The zero-order valence-corrected chi connectivity index (χ0v) is 15.0. The van der Waals surface area contributed by atoms with Crippen molar-refractivity contribution < 1.29 is 23.6 Å². The minimum atomic E-state index is -2.11. The van der Waals surface area contributed by atoms with Crippen LogP contribution < -0.4 is 0 Å². The fourth-order valence-electron chi connectivity index (χ4n) is 1.83. The zero-order chi connectivity index (χ0) is 17.4. The molecule has 1 aliphatic rings. The number of amides is 2. The molecule has 0 bridgehead atoms. The number of fused-ring (bicyclic) bond motifs is 1. The predicted octanol–water partition coefficient (Wildman–Crippen LogP) is 2.76. The topological polar surface area (TPSA) is 72.9 Å². The summed E-state index contributed by atoms with van der Waals surface area (Å²) in [5.41, 5.74) is 0.464. The van der Waals surface area contributed by atoms with E-state index >= 15 is 0 Å². The monoisotopic (exact) mass is 335 g/mol. The second kappa shape index (κ2) is 5.90. The molecule has 0 unspecified atom stereocenters. The number of carbonyl (C=O) groups is 3. The van der Waals surface area contributed by atoms with Gasteiger partial charge >= 0.3 is 5.97 Å². The molecule has 0 spiro atoms. The molecule has 0 aliphatic carbocycles. The number of hydroxylamine groups is 2. The second-order valence-corrected chi connectivity index (χ2v) is 11.8. The zero-order valence-electron chi connectivity index (χ0n) is 14.0. The number of nitrogens with zero attached hydrogens (tertiary/aromatic N) is 1. The lowest BCUT2D eigenvalue weighted by Gasteiger charge is -2.35. The third kappa shape index (κ3) is 3.35. The minimum absolute atomic E-state index is 0.0528. The molecule has 1 aliphatic heterocycles. The molecular weight excluding hydrogens is 314 g/mol. The van der Waals surface area contributed by atoms with Crippen molar-refractivity contribution in [2.75, 3.05) is 6.61 Å². The van der Waals surface area contributed by atoms with E-state index in [-0.39, 0.29) is 22.8 Å². The highest BCUT2D eigenvalue weighted by atomic mass is 28.4. The van der Waals surface area contributed by atoms with Crippen molar-refractivity contribution in [1.82, 2.24) is 5.06 Å². The molecule has 0 saturated heterocycles. The second-order valence-electron chi connectivity index (χ2n) is 6.96. The van der Waals surface area contributed by atoms with Crippen molar-refractivity contribution in [2.24, 2.45) is 0 Å². The fourth-order valence-corrected chi connectivity index (χ4v) is 2.75. The maximum absolute atomic E-state index is 12.1. The molecular formula is C16H21NO5Si. The van der Waals surface area contributed by atoms with Crippen LogP contribution in [-0.4, -0.2) is 37.8 Å². The summed E-state index contributed by atoms with van der Waals surface area (Å²) in [6.45, 7) is 9.87. The summed E-state index contributed by atoms with van der Waals surface area (Å²) in [6, 6.07) is 6.34. The SMILES string of the molecule is CC(C)(C)[Si](C)(C)OCC(=O)ON1C(=O)c2ccccc2C1=O. The van der Waals surface area contributed by atoms with E-state index < -0.39 is 26.1 Å². The molecule has 2 rings (SSSR count). The normalized spacial score (nSPS) is 14.9. The van der Waals surface area contributed by atoms with Crippen LogP contribution in [0.25, 0.3) is 0 Å². The predicted molar refractivity (Wildman–Crippen MR) is 86.2 cm³/mol. The summed E-state index contributed by atoms with van der Waals surface area (Å²) in [5, 5.41) is 0.449. The molecule has 0 radical (unpaired) electrons. The Balaban J connectivity index is 2.00. The van der Waals surface area contributed by atoms with E-state index in [1.165, 1.54) is 12.1 Å². The van der Waals surface area contributed by atoms with Crippen LogP contribution in [-0.2, 0) is 14.1 Å². The van der Waals surface area contributed by atoms with Gasteiger partial charge in [-0.25, -0.2) is 4.79 Å². The van der Waals surface area contributed by atoms with Gasteiger partial charge in [-0.05, 0) is 30.3 Å². The van der Waals surface area contributed by atoms with Gasteiger partial charge in [0.15, 0.2) is 8.32 Å². The van der Waals surface area contributed by atoms with E-state index in [9.17, 15) is 14.4 Å². The standard InChI is InChI=1S/C16H21NO5Si/c1-16(2,3)23(4,5)21-10-13(18)22-17-14(19)11-8-6-7-9-12(11)15(17)20/h6-9H,10H2,1-5H3. The maximum atomic E-state index is 12.1. The lowest BCUT2D eigenvalue weighted by atomic mass is 10.1. The molecule has 2 amide bonds. The van der Waals surface area contributed by atoms with Crippen LogP contribution in [0.2, 0.25) is 18.1 Å². The summed E-state index contributed by atoms with van der Waals surface area (Å²) >= 11 is 0. The number of hydrogen-bond donors (Lipinski definition) is 0. The summed E-state index contributed by atoms with van der Waals surface area (Å²) in [7, 11) is -2.11. The summed E-state index contributed by atoms with van der Waals surface area (Å²) in [4.78, 5) is 41.1. The third-order valence-corrected chi connectivity index (χ3v) is 8.79. The Labute approximate surface area is 136 Å². The first kappa shape index (κ1) is 17.4. The summed E-state index contributed by atoms with van der Waals surface area (Å²) in [6.07, 6.45) is 0. The molecule has 0 atom stereocenters. The number of carbonyl (C=O) groups excluding carboxylic acids is 3. The molecule has 1 aromatic carbocycles. The van der Waals surface area contributed by atoms with Crippen molar-refractivity contribution in [3.8, 4) is 0 Å². The Hall–Kier alpha value is -1.99. The first-order chi connectivity index (χ1) is 10.5. The largest absolute Gasteiger partial charge is 0.406 e. The van der Waals surface area contributed by atoms with E-state index in [4.69, 9.17) is 9.26 Å². The molecule has 0 fully saturated rings. The molecule has 23 heavy (non-hydrogen) atoms. The van der Waals surface area contributed by atoms with Crippen molar-refractivity contribution >= 4 is 26.1 Å². The first-order valence-corrected chi connectivity index (χ1v) is 10.3. The molecule has 6 nitrogen and oxygen atoms in total. The van der Waals surface area contributed by atoms with Gasteiger partial charge in [0.1, 0.15) is 6.61 Å². The maximum Gasteiger partial charge on any atom is 0.357 e. The van der Waals surface area contributed by atoms with Crippen molar-refractivity contribution in [3.63, 3.8) is 0 Å². The van der Waals surface area contributed by atoms with Crippen molar-refractivity contribution in [1.29, 1.82) is 0 Å². The average molecular weight is 335 g/mol. The Bertz CT molecular complexity index is 628. The number of hydrogen-bond acceptors (Lipinski definition) is 5. The highest BCUT2D eigenvalue weighted by Crippen LogP contribution is 2.36. The van der Waals surface area contributed by atoms with E-state index in [0.717, 1.165) is 0 Å². The van der Waals surface area contributed by atoms with Crippen LogP contribution in [0.4, 0.5) is 0 Å².